The van der Waals surface area contributed by atoms with E-state index < -0.39 is 10.0 Å². The van der Waals surface area contributed by atoms with Gasteiger partial charge >= 0.3 is 0 Å². The molecule has 1 aliphatic rings. The Kier molecular flexibility index (Phi) is 5.37. The van der Waals surface area contributed by atoms with Crippen molar-refractivity contribution in [2.24, 2.45) is 0 Å². The van der Waals surface area contributed by atoms with Gasteiger partial charge in [-0.3, -0.25) is 0 Å². The number of rotatable bonds is 5. The van der Waals surface area contributed by atoms with Crippen LogP contribution in [-0.2, 0) is 14.8 Å². The number of hydrogen-bond donors (Lipinski definition) is 0. The minimum atomic E-state index is -3.57. The zero-order valence-electron chi connectivity index (χ0n) is 14.1. The van der Waals surface area contributed by atoms with E-state index in [-0.39, 0.29) is 16.3 Å². The molecule has 136 valence electrons. The maximum absolute atomic E-state index is 12.6. The van der Waals surface area contributed by atoms with Crippen molar-refractivity contribution in [1.29, 1.82) is 5.26 Å². The second-order valence-electron chi connectivity index (χ2n) is 5.40. The normalized spacial score (nSPS) is 15.2. The molecule has 1 aliphatic heterocycles. The lowest BCUT2D eigenvalue weighted by atomic mass is 10.2. The number of morpholine rings is 1. The van der Waals surface area contributed by atoms with Crippen LogP contribution in [0.2, 0.25) is 0 Å². The van der Waals surface area contributed by atoms with Crippen molar-refractivity contribution in [3.05, 3.63) is 42.1 Å². The van der Waals surface area contributed by atoms with Crippen molar-refractivity contribution < 1.29 is 22.6 Å². The second-order valence-corrected chi connectivity index (χ2v) is 7.33. The number of aromatic nitrogens is 1. The Balaban J connectivity index is 1.82. The Morgan fingerprint density at radius 1 is 1.19 bits per heavy atom. The van der Waals surface area contributed by atoms with Crippen LogP contribution in [0.4, 0.5) is 0 Å². The van der Waals surface area contributed by atoms with Gasteiger partial charge in [-0.2, -0.15) is 9.57 Å². The van der Waals surface area contributed by atoms with Crippen LogP contribution in [0.3, 0.4) is 0 Å². The summed E-state index contributed by atoms with van der Waals surface area (Å²) in [5.41, 5.74) is 0.167. The molecule has 0 aliphatic carbocycles. The summed E-state index contributed by atoms with van der Waals surface area (Å²) in [6.45, 7) is 1.44. The molecule has 1 aromatic carbocycles. The lowest BCUT2D eigenvalue weighted by Gasteiger charge is -2.26. The van der Waals surface area contributed by atoms with Crippen molar-refractivity contribution in [3.8, 4) is 23.4 Å². The molecule has 1 fully saturated rings. The number of nitrogens with zero attached hydrogens (tertiary/aromatic N) is 3. The summed E-state index contributed by atoms with van der Waals surface area (Å²) in [4.78, 5) is 4.21. The van der Waals surface area contributed by atoms with Crippen molar-refractivity contribution in [2.75, 3.05) is 33.4 Å². The highest BCUT2D eigenvalue weighted by Gasteiger charge is 2.26. The summed E-state index contributed by atoms with van der Waals surface area (Å²) in [6.07, 6.45) is 1.46. The molecular weight excluding hydrogens is 358 g/mol. The van der Waals surface area contributed by atoms with Gasteiger partial charge in [0.25, 0.3) is 0 Å². The summed E-state index contributed by atoms with van der Waals surface area (Å²) in [7, 11) is -2.12. The Bertz CT molecular complexity index is 916. The third-order valence-electron chi connectivity index (χ3n) is 3.86. The summed E-state index contributed by atoms with van der Waals surface area (Å²) in [6, 6.07) is 9.52. The fraction of sp³-hybridized carbons (Fsp3) is 0.294. The first kappa shape index (κ1) is 18.1. The second kappa shape index (κ2) is 7.70. The van der Waals surface area contributed by atoms with Gasteiger partial charge < -0.3 is 14.2 Å². The van der Waals surface area contributed by atoms with Crippen LogP contribution in [0.15, 0.2) is 41.4 Å². The van der Waals surface area contributed by atoms with E-state index in [1.54, 1.807) is 6.07 Å². The van der Waals surface area contributed by atoms with Crippen LogP contribution in [-0.4, -0.2) is 51.1 Å². The third kappa shape index (κ3) is 3.62. The summed E-state index contributed by atoms with van der Waals surface area (Å²) in [5.74, 6) is 0.808. The standard InChI is InChI=1S/C17H17N3O5S/c1-23-16-6-7-19-17(15(16)12-18)25-13-2-4-14(5-3-13)26(21,22)20-8-10-24-11-9-20/h2-7H,8-11H2,1H3. The zero-order chi connectivity index (χ0) is 18.6. The minimum Gasteiger partial charge on any atom is -0.495 e. The number of pyridine rings is 1. The number of nitriles is 1. The summed E-state index contributed by atoms with van der Waals surface area (Å²) >= 11 is 0. The molecular formula is C17H17N3O5S. The van der Waals surface area contributed by atoms with E-state index in [0.29, 0.717) is 37.8 Å². The molecule has 0 N–H and O–H groups in total. The first-order chi connectivity index (χ1) is 12.6. The van der Waals surface area contributed by atoms with E-state index in [1.165, 1.54) is 41.9 Å². The largest absolute Gasteiger partial charge is 0.495 e. The molecule has 0 radical (unpaired) electrons. The zero-order valence-corrected chi connectivity index (χ0v) is 14.9. The average Bonchev–Trinajstić information content (AvgIpc) is 2.69. The van der Waals surface area contributed by atoms with Crippen molar-refractivity contribution in [1.82, 2.24) is 9.29 Å². The van der Waals surface area contributed by atoms with Crippen LogP contribution in [0.1, 0.15) is 5.56 Å². The van der Waals surface area contributed by atoms with E-state index in [9.17, 15) is 13.7 Å². The Morgan fingerprint density at radius 3 is 2.50 bits per heavy atom. The van der Waals surface area contributed by atoms with E-state index in [2.05, 4.69) is 4.98 Å². The molecule has 2 heterocycles. The fourth-order valence-electron chi connectivity index (χ4n) is 2.50. The molecule has 0 saturated carbocycles. The van der Waals surface area contributed by atoms with Gasteiger partial charge in [-0.1, -0.05) is 0 Å². The maximum atomic E-state index is 12.6. The number of sulfonamides is 1. The van der Waals surface area contributed by atoms with Gasteiger partial charge in [0.2, 0.25) is 15.9 Å². The monoisotopic (exact) mass is 375 g/mol. The predicted octanol–water partition coefficient (Wildman–Crippen LogP) is 1.78. The quantitative estimate of drug-likeness (QED) is 0.785. The van der Waals surface area contributed by atoms with Gasteiger partial charge in [0.15, 0.2) is 5.56 Å². The Hall–Kier alpha value is -2.67. The molecule has 0 spiro atoms. The van der Waals surface area contributed by atoms with Crippen LogP contribution >= 0.6 is 0 Å². The van der Waals surface area contributed by atoms with E-state index in [4.69, 9.17) is 14.2 Å². The van der Waals surface area contributed by atoms with Gasteiger partial charge in [-0.15, -0.1) is 0 Å². The maximum Gasteiger partial charge on any atom is 0.243 e. The SMILES string of the molecule is COc1ccnc(Oc2ccc(S(=O)(=O)N3CCOCC3)cc2)c1C#N. The number of ether oxygens (including phenoxy) is 3. The van der Waals surface area contributed by atoms with Crippen LogP contribution in [0.5, 0.6) is 17.4 Å². The molecule has 9 heteroatoms. The molecule has 3 rings (SSSR count). The lowest BCUT2D eigenvalue weighted by molar-refractivity contribution is 0.0730. The van der Waals surface area contributed by atoms with Gasteiger partial charge in [0.1, 0.15) is 17.6 Å². The van der Waals surface area contributed by atoms with Gasteiger partial charge in [0.05, 0.1) is 25.2 Å². The molecule has 8 nitrogen and oxygen atoms in total. The third-order valence-corrected chi connectivity index (χ3v) is 5.77. The van der Waals surface area contributed by atoms with E-state index >= 15 is 0 Å². The number of methoxy groups -OCH3 is 1. The molecule has 1 saturated heterocycles. The van der Waals surface area contributed by atoms with Gasteiger partial charge in [-0.25, -0.2) is 13.4 Å². The average molecular weight is 375 g/mol. The van der Waals surface area contributed by atoms with Crippen LogP contribution < -0.4 is 9.47 Å². The van der Waals surface area contributed by atoms with Gasteiger partial charge in [-0.05, 0) is 24.3 Å². The highest BCUT2D eigenvalue weighted by Crippen LogP contribution is 2.29. The van der Waals surface area contributed by atoms with Gasteiger partial charge in [0, 0.05) is 25.4 Å². The minimum absolute atomic E-state index is 0.0932. The van der Waals surface area contributed by atoms with Crippen molar-refractivity contribution in [3.63, 3.8) is 0 Å². The molecule has 26 heavy (non-hydrogen) atoms. The summed E-state index contributed by atoms with van der Waals surface area (Å²) < 4.78 is 42.5. The first-order valence-electron chi connectivity index (χ1n) is 7.85. The van der Waals surface area contributed by atoms with E-state index in [1.807, 2.05) is 6.07 Å². The molecule has 0 atom stereocenters. The lowest BCUT2D eigenvalue weighted by Crippen LogP contribution is -2.40. The number of benzene rings is 1. The van der Waals surface area contributed by atoms with Crippen molar-refractivity contribution in [2.45, 2.75) is 4.90 Å². The van der Waals surface area contributed by atoms with Crippen molar-refractivity contribution >= 4 is 10.0 Å². The molecule has 0 unspecified atom stereocenters. The number of hydrogen-bond acceptors (Lipinski definition) is 7. The van der Waals surface area contributed by atoms with E-state index in [0.717, 1.165) is 0 Å². The molecule has 0 amide bonds. The Morgan fingerprint density at radius 2 is 1.88 bits per heavy atom. The fourth-order valence-corrected chi connectivity index (χ4v) is 3.91. The molecule has 2 aromatic rings. The molecule has 1 aromatic heterocycles. The predicted molar refractivity (Wildman–Crippen MR) is 91.6 cm³/mol. The van der Waals surface area contributed by atoms with Crippen LogP contribution in [0, 0.1) is 11.3 Å². The smallest absolute Gasteiger partial charge is 0.243 e. The first-order valence-corrected chi connectivity index (χ1v) is 9.29. The summed E-state index contributed by atoms with van der Waals surface area (Å²) in [5, 5.41) is 9.26. The topological polar surface area (TPSA) is 102 Å². The Labute approximate surface area is 151 Å². The van der Waals surface area contributed by atoms with Crippen LogP contribution in [0.25, 0.3) is 0 Å². The molecule has 0 bridgehead atoms. The highest BCUT2D eigenvalue weighted by molar-refractivity contribution is 7.89. The highest BCUT2D eigenvalue weighted by atomic mass is 32.2.